The van der Waals surface area contributed by atoms with E-state index in [0.29, 0.717) is 11.5 Å². The molecule has 0 atom stereocenters. The van der Waals surface area contributed by atoms with Gasteiger partial charge in [0.15, 0.2) is 0 Å². The molecule has 0 aliphatic carbocycles. The van der Waals surface area contributed by atoms with Crippen LogP contribution in [0.25, 0.3) is 27.8 Å². The van der Waals surface area contributed by atoms with Crippen LogP contribution in [-0.4, -0.2) is 46.4 Å². The smallest absolute Gasteiger partial charge is 0.258 e. The molecule has 9 nitrogen and oxygen atoms in total. The van der Waals surface area contributed by atoms with Gasteiger partial charge in [-0.2, -0.15) is 10.4 Å². The van der Waals surface area contributed by atoms with Crippen LogP contribution in [0.4, 0.5) is 0 Å². The standard InChI is InChI=1S/C23H22N6O3/c1-14-17(12-27-28-14)15-5-6-19-18(9-15)26-13-29(19)16-10-20(31-2)22(21(11-16)32-3)23(30)25-8-4-7-24/h5-6,9-13H,4,8H2,1-3H3,(H,25,30)(H,27,28). The molecule has 0 aliphatic heterocycles. The number of nitrogens with one attached hydrogen (secondary N) is 2. The number of hydrogen-bond acceptors (Lipinski definition) is 6. The first-order valence-corrected chi connectivity index (χ1v) is 9.96. The Hall–Kier alpha value is -4.32. The summed E-state index contributed by atoms with van der Waals surface area (Å²) in [6, 6.07) is 11.5. The van der Waals surface area contributed by atoms with Gasteiger partial charge in [0.2, 0.25) is 0 Å². The number of aromatic amines is 1. The third-order valence-corrected chi connectivity index (χ3v) is 5.21. The Morgan fingerprint density at radius 1 is 1.22 bits per heavy atom. The first-order valence-electron chi connectivity index (χ1n) is 9.96. The number of aryl methyl sites for hydroxylation is 1. The Morgan fingerprint density at radius 2 is 1.97 bits per heavy atom. The average molecular weight is 430 g/mol. The molecule has 1 amide bonds. The van der Waals surface area contributed by atoms with E-state index in [1.807, 2.05) is 35.8 Å². The van der Waals surface area contributed by atoms with Crippen LogP contribution in [0.5, 0.6) is 11.5 Å². The van der Waals surface area contributed by atoms with E-state index in [4.69, 9.17) is 14.7 Å². The van der Waals surface area contributed by atoms with Gasteiger partial charge >= 0.3 is 0 Å². The lowest BCUT2D eigenvalue weighted by molar-refractivity contribution is 0.0948. The normalized spacial score (nSPS) is 10.7. The molecule has 2 aromatic heterocycles. The topological polar surface area (TPSA) is 118 Å². The van der Waals surface area contributed by atoms with Gasteiger partial charge in [0.25, 0.3) is 5.91 Å². The Bertz CT molecular complexity index is 1310. The SMILES string of the molecule is COc1cc(-n2cnc3cc(-c4cn[nH]c4C)ccc32)cc(OC)c1C(=O)NCCC#N. The van der Waals surface area contributed by atoms with Crippen molar-refractivity contribution in [3.8, 4) is 34.4 Å². The van der Waals surface area contributed by atoms with E-state index < -0.39 is 0 Å². The zero-order chi connectivity index (χ0) is 22.7. The summed E-state index contributed by atoms with van der Waals surface area (Å²) < 4.78 is 12.9. The quantitative estimate of drug-likeness (QED) is 0.434. The fraction of sp³-hybridized carbons (Fsp3) is 0.217. The largest absolute Gasteiger partial charge is 0.496 e. The summed E-state index contributed by atoms with van der Waals surface area (Å²) in [5.74, 6) is 0.360. The molecule has 32 heavy (non-hydrogen) atoms. The molecule has 162 valence electrons. The van der Waals surface area contributed by atoms with Crippen molar-refractivity contribution in [2.45, 2.75) is 13.3 Å². The molecular formula is C23H22N6O3. The lowest BCUT2D eigenvalue weighted by atomic mass is 10.1. The van der Waals surface area contributed by atoms with Crippen LogP contribution in [0.2, 0.25) is 0 Å². The zero-order valence-corrected chi connectivity index (χ0v) is 18.0. The van der Waals surface area contributed by atoms with E-state index in [0.717, 1.165) is 33.5 Å². The molecular weight excluding hydrogens is 408 g/mol. The maximum Gasteiger partial charge on any atom is 0.258 e. The molecule has 9 heteroatoms. The minimum Gasteiger partial charge on any atom is -0.496 e. The summed E-state index contributed by atoms with van der Waals surface area (Å²) in [5.41, 5.74) is 5.76. The van der Waals surface area contributed by atoms with Crippen LogP contribution >= 0.6 is 0 Å². The molecule has 0 fully saturated rings. The number of carbonyl (C=O) groups excluding carboxylic acids is 1. The summed E-state index contributed by atoms with van der Waals surface area (Å²) in [6.07, 6.45) is 3.73. The summed E-state index contributed by atoms with van der Waals surface area (Å²) in [6.45, 7) is 2.22. The van der Waals surface area contributed by atoms with Crippen molar-refractivity contribution in [1.29, 1.82) is 5.26 Å². The number of aromatic nitrogens is 4. The lowest BCUT2D eigenvalue weighted by Crippen LogP contribution is -2.25. The van der Waals surface area contributed by atoms with Crippen LogP contribution in [0.15, 0.2) is 42.9 Å². The molecule has 4 aromatic rings. The number of imidazole rings is 1. The predicted octanol–water partition coefficient (Wildman–Crippen LogP) is 3.38. The first-order chi connectivity index (χ1) is 15.6. The predicted molar refractivity (Wildman–Crippen MR) is 119 cm³/mol. The Kier molecular flexibility index (Phi) is 5.77. The van der Waals surface area contributed by atoms with Crippen molar-refractivity contribution in [2.75, 3.05) is 20.8 Å². The van der Waals surface area contributed by atoms with Gasteiger partial charge in [-0.05, 0) is 24.6 Å². The maximum absolute atomic E-state index is 12.7. The number of methoxy groups -OCH3 is 2. The van der Waals surface area contributed by atoms with Crippen molar-refractivity contribution in [1.82, 2.24) is 25.1 Å². The van der Waals surface area contributed by atoms with E-state index in [1.165, 1.54) is 14.2 Å². The fourth-order valence-corrected chi connectivity index (χ4v) is 3.61. The number of fused-ring (bicyclic) bond motifs is 1. The second-order valence-electron chi connectivity index (χ2n) is 7.12. The monoisotopic (exact) mass is 430 g/mol. The van der Waals surface area contributed by atoms with Crippen LogP contribution in [0.1, 0.15) is 22.5 Å². The number of nitrogens with zero attached hydrogens (tertiary/aromatic N) is 4. The van der Waals surface area contributed by atoms with Crippen molar-refractivity contribution < 1.29 is 14.3 Å². The Balaban J connectivity index is 1.75. The van der Waals surface area contributed by atoms with E-state index in [-0.39, 0.29) is 24.4 Å². The minimum atomic E-state index is -0.365. The van der Waals surface area contributed by atoms with E-state index >= 15 is 0 Å². The lowest BCUT2D eigenvalue weighted by Gasteiger charge is -2.16. The summed E-state index contributed by atoms with van der Waals surface area (Å²) in [4.78, 5) is 17.2. The Labute approximate surface area is 184 Å². The molecule has 0 unspecified atom stereocenters. The summed E-state index contributed by atoms with van der Waals surface area (Å²) in [5, 5.41) is 18.4. The molecule has 0 saturated carbocycles. The van der Waals surface area contributed by atoms with Crippen molar-refractivity contribution >= 4 is 16.9 Å². The van der Waals surface area contributed by atoms with Gasteiger partial charge in [-0.15, -0.1) is 0 Å². The molecule has 0 bridgehead atoms. The highest BCUT2D eigenvalue weighted by Gasteiger charge is 2.21. The summed E-state index contributed by atoms with van der Waals surface area (Å²) in [7, 11) is 2.99. The van der Waals surface area contributed by atoms with Gasteiger partial charge in [0.1, 0.15) is 23.4 Å². The molecule has 0 aliphatic rings. The number of H-pyrrole nitrogens is 1. The second-order valence-corrected chi connectivity index (χ2v) is 7.12. The highest BCUT2D eigenvalue weighted by atomic mass is 16.5. The first kappa shape index (κ1) is 20.9. The third kappa shape index (κ3) is 3.74. The number of rotatable bonds is 7. The van der Waals surface area contributed by atoms with Gasteiger partial charge < -0.3 is 14.8 Å². The van der Waals surface area contributed by atoms with Gasteiger partial charge in [-0.25, -0.2) is 4.98 Å². The fourth-order valence-electron chi connectivity index (χ4n) is 3.61. The van der Waals surface area contributed by atoms with Crippen LogP contribution < -0.4 is 14.8 Å². The van der Waals surface area contributed by atoms with Gasteiger partial charge in [0, 0.05) is 29.9 Å². The number of amides is 1. The van der Waals surface area contributed by atoms with Crippen molar-refractivity contribution in [2.24, 2.45) is 0 Å². The van der Waals surface area contributed by atoms with Gasteiger partial charge in [-0.1, -0.05) is 6.07 Å². The zero-order valence-electron chi connectivity index (χ0n) is 18.0. The van der Waals surface area contributed by atoms with Crippen molar-refractivity contribution in [3.05, 3.63) is 54.1 Å². The molecule has 0 saturated heterocycles. The molecule has 2 heterocycles. The molecule has 2 N–H and O–H groups in total. The third-order valence-electron chi connectivity index (χ3n) is 5.21. The summed E-state index contributed by atoms with van der Waals surface area (Å²) >= 11 is 0. The van der Waals surface area contributed by atoms with Crippen LogP contribution in [-0.2, 0) is 0 Å². The maximum atomic E-state index is 12.7. The highest BCUT2D eigenvalue weighted by molar-refractivity contribution is 6.00. The van der Waals surface area contributed by atoms with Gasteiger partial charge in [0.05, 0.1) is 49.6 Å². The minimum absolute atomic E-state index is 0.218. The molecule has 2 aromatic carbocycles. The second kappa shape index (κ2) is 8.81. The Morgan fingerprint density at radius 3 is 2.59 bits per heavy atom. The van der Waals surface area contributed by atoms with E-state index in [1.54, 1.807) is 24.7 Å². The number of hydrogen-bond donors (Lipinski definition) is 2. The molecule has 0 spiro atoms. The van der Waals surface area contributed by atoms with Crippen molar-refractivity contribution in [3.63, 3.8) is 0 Å². The number of benzene rings is 2. The average Bonchev–Trinajstić information content (AvgIpc) is 3.43. The van der Waals surface area contributed by atoms with Crippen LogP contribution in [0.3, 0.4) is 0 Å². The molecule has 0 radical (unpaired) electrons. The number of nitriles is 1. The van der Waals surface area contributed by atoms with E-state index in [9.17, 15) is 4.79 Å². The number of carbonyl (C=O) groups is 1. The molecule has 4 rings (SSSR count). The van der Waals surface area contributed by atoms with Gasteiger partial charge in [-0.3, -0.25) is 14.5 Å². The van der Waals surface area contributed by atoms with Crippen LogP contribution in [0, 0.1) is 18.3 Å². The highest BCUT2D eigenvalue weighted by Crippen LogP contribution is 2.34. The number of ether oxygens (including phenoxy) is 2. The van der Waals surface area contributed by atoms with E-state index in [2.05, 4.69) is 20.5 Å².